The number of sulfonamides is 1. The molecule has 1 unspecified atom stereocenters. The lowest BCUT2D eigenvalue weighted by atomic mass is 10.1. The molecule has 1 aromatic rings. The van der Waals surface area contributed by atoms with Gasteiger partial charge in [0.1, 0.15) is 10.7 Å². The van der Waals surface area contributed by atoms with Crippen molar-refractivity contribution < 1.29 is 17.9 Å². The molecule has 1 rings (SSSR count). The average Bonchev–Trinajstić information content (AvgIpc) is 2.31. The first-order valence-electron chi connectivity index (χ1n) is 5.63. The zero-order valence-electron chi connectivity index (χ0n) is 10.4. The first-order valence-corrected chi connectivity index (χ1v) is 7.49. The molecule has 0 fully saturated rings. The minimum absolute atomic E-state index is 0.0207. The van der Waals surface area contributed by atoms with Crippen LogP contribution in [0.15, 0.2) is 17.0 Å². The van der Waals surface area contributed by atoms with Crippen molar-refractivity contribution in [1.29, 1.82) is 0 Å². The Morgan fingerprint density at radius 2 is 2.16 bits per heavy atom. The maximum absolute atomic E-state index is 13.1. The van der Waals surface area contributed by atoms with E-state index in [2.05, 4.69) is 4.72 Å². The largest absolute Gasteiger partial charge is 0.396 e. The van der Waals surface area contributed by atoms with Crippen molar-refractivity contribution in [2.24, 2.45) is 5.92 Å². The molecule has 19 heavy (non-hydrogen) atoms. The standard InChI is InChI=1S/C11H16ClFN2O3S/c1-7(2-3-16)6-15-19(17,18)11-5-10(14)9(13)4-8(11)12/h4-5,7,15-16H,2-3,6,14H2,1H3. The molecule has 108 valence electrons. The van der Waals surface area contributed by atoms with E-state index >= 15 is 0 Å². The second kappa shape index (κ2) is 6.51. The summed E-state index contributed by atoms with van der Waals surface area (Å²) in [7, 11) is -3.85. The Labute approximate surface area is 116 Å². The Hall–Kier alpha value is -0.890. The molecular formula is C11H16ClFN2O3S. The molecule has 0 spiro atoms. The van der Waals surface area contributed by atoms with Crippen LogP contribution in [0.1, 0.15) is 13.3 Å². The molecule has 0 bridgehead atoms. The van der Waals surface area contributed by atoms with Gasteiger partial charge < -0.3 is 10.8 Å². The van der Waals surface area contributed by atoms with Gasteiger partial charge in [-0.3, -0.25) is 0 Å². The molecule has 4 N–H and O–H groups in total. The number of aliphatic hydroxyl groups excluding tert-OH is 1. The topological polar surface area (TPSA) is 92.4 Å². The number of anilines is 1. The highest BCUT2D eigenvalue weighted by Crippen LogP contribution is 2.26. The van der Waals surface area contributed by atoms with E-state index in [1.807, 2.05) is 0 Å². The zero-order chi connectivity index (χ0) is 14.6. The van der Waals surface area contributed by atoms with E-state index in [9.17, 15) is 12.8 Å². The summed E-state index contributed by atoms with van der Waals surface area (Å²) in [6.07, 6.45) is 0.474. The summed E-state index contributed by atoms with van der Waals surface area (Å²) in [6, 6.07) is 1.85. The van der Waals surface area contributed by atoms with Gasteiger partial charge in [0.25, 0.3) is 0 Å². The minimum Gasteiger partial charge on any atom is -0.396 e. The van der Waals surface area contributed by atoms with Gasteiger partial charge in [-0.15, -0.1) is 0 Å². The zero-order valence-corrected chi connectivity index (χ0v) is 11.9. The number of hydrogen-bond acceptors (Lipinski definition) is 4. The van der Waals surface area contributed by atoms with Crippen LogP contribution in [0.2, 0.25) is 5.02 Å². The molecular weight excluding hydrogens is 295 g/mol. The molecule has 8 heteroatoms. The third kappa shape index (κ3) is 4.31. The first-order chi connectivity index (χ1) is 8.77. The molecule has 0 heterocycles. The molecule has 0 aliphatic rings. The molecule has 0 amide bonds. The van der Waals surface area contributed by atoms with Gasteiger partial charge in [0.15, 0.2) is 0 Å². The summed E-state index contributed by atoms with van der Waals surface area (Å²) in [5, 5.41) is 8.51. The molecule has 0 saturated heterocycles. The highest BCUT2D eigenvalue weighted by molar-refractivity contribution is 7.89. The number of halogens is 2. The summed E-state index contributed by atoms with van der Waals surface area (Å²) in [6.45, 7) is 1.92. The summed E-state index contributed by atoms with van der Waals surface area (Å²) in [5.41, 5.74) is 5.05. The van der Waals surface area contributed by atoms with Crippen LogP contribution in [0.4, 0.5) is 10.1 Å². The van der Waals surface area contributed by atoms with Crippen molar-refractivity contribution in [3.8, 4) is 0 Å². The monoisotopic (exact) mass is 310 g/mol. The molecule has 1 aromatic carbocycles. The normalized spacial score (nSPS) is 13.5. The van der Waals surface area contributed by atoms with Gasteiger partial charge >= 0.3 is 0 Å². The number of nitrogen functional groups attached to an aromatic ring is 1. The second-order valence-corrected chi connectivity index (χ2v) is 6.42. The van der Waals surface area contributed by atoms with Gasteiger partial charge in [-0.05, 0) is 24.5 Å². The number of hydrogen-bond donors (Lipinski definition) is 3. The van der Waals surface area contributed by atoms with E-state index in [1.54, 1.807) is 6.92 Å². The third-order valence-corrected chi connectivity index (χ3v) is 4.47. The predicted octanol–water partition coefficient (Wildman–Crippen LogP) is 1.36. The predicted molar refractivity (Wildman–Crippen MR) is 71.9 cm³/mol. The van der Waals surface area contributed by atoms with Gasteiger partial charge in [-0.2, -0.15) is 0 Å². The number of nitrogens with two attached hydrogens (primary N) is 1. The lowest BCUT2D eigenvalue weighted by Gasteiger charge is -2.13. The van der Waals surface area contributed by atoms with Crippen LogP contribution in [0.3, 0.4) is 0 Å². The molecule has 0 aromatic heterocycles. The molecule has 0 aliphatic carbocycles. The van der Waals surface area contributed by atoms with Gasteiger partial charge in [0.05, 0.1) is 10.7 Å². The lowest BCUT2D eigenvalue weighted by Crippen LogP contribution is -2.29. The Morgan fingerprint density at radius 1 is 1.53 bits per heavy atom. The van der Waals surface area contributed by atoms with Crippen molar-refractivity contribution in [3.05, 3.63) is 23.0 Å². The molecule has 5 nitrogen and oxygen atoms in total. The molecule has 1 atom stereocenters. The van der Waals surface area contributed by atoms with E-state index in [1.165, 1.54) is 0 Å². The summed E-state index contributed by atoms with van der Waals surface area (Å²) in [5.74, 6) is -0.797. The average molecular weight is 311 g/mol. The van der Waals surface area contributed by atoms with Gasteiger partial charge in [0, 0.05) is 13.2 Å². The Kier molecular flexibility index (Phi) is 5.54. The molecule has 0 radical (unpaired) electrons. The summed E-state index contributed by atoms with van der Waals surface area (Å²) >= 11 is 5.71. The first kappa shape index (κ1) is 16.2. The summed E-state index contributed by atoms with van der Waals surface area (Å²) < 4.78 is 39.4. The van der Waals surface area contributed by atoms with Crippen LogP contribution < -0.4 is 10.5 Å². The smallest absolute Gasteiger partial charge is 0.242 e. The van der Waals surface area contributed by atoms with E-state index in [0.29, 0.717) is 6.42 Å². The Bertz CT molecular complexity index is 551. The Balaban J connectivity index is 2.92. The van der Waals surface area contributed by atoms with Gasteiger partial charge in [-0.25, -0.2) is 17.5 Å². The van der Waals surface area contributed by atoms with Crippen LogP contribution in [0, 0.1) is 11.7 Å². The van der Waals surface area contributed by atoms with Crippen LogP contribution in [0.5, 0.6) is 0 Å². The number of rotatable bonds is 6. The fourth-order valence-electron chi connectivity index (χ4n) is 1.40. The number of nitrogens with one attached hydrogen (secondary N) is 1. The SMILES string of the molecule is CC(CCO)CNS(=O)(=O)c1cc(N)c(F)cc1Cl. The van der Waals surface area contributed by atoms with Gasteiger partial charge in [-0.1, -0.05) is 18.5 Å². The number of aliphatic hydroxyl groups is 1. The van der Waals surface area contributed by atoms with Crippen molar-refractivity contribution in [1.82, 2.24) is 4.72 Å². The lowest BCUT2D eigenvalue weighted by molar-refractivity contribution is 0.263. The highest BCUT2D eigenvalue weighted by Gasteiger charge is 2.20. The van der Waals surface area contributed by atoms with Crippen molar-refractivity contribution in [2.75, 3.05) is 18.9 Å². The van der Waals surface area contributed by atoms with Gasteiger partial charge in [0.2, 0.25) is 10.0 Å². The van der Waals surface area contributed by atoms with E-state index < -0.39 is 15.8 Å². The van der Waals surface area contributed by atoms with Crippen molar-refractivity contribution in [2.45, 2.75) is 18.2 Å². The Morgan fingerprint density at radius 3 is 2.74 bits per heavy atom. The minimum atomic E-state index is -3.85. The maximum atomic E-state index is 13.1. The van der Waals surface area contributed by atoms with Crippen LogP contribution >= 0.6 is 11.6 Å². The molecule has 0 aliphatic heterocycles. The van der Waals surface area contributed by atoms with Crippen LogP contribution in [-0.4, -0.2) is 26.7 Å². The third-order valence-electron chi connectivity index (χ3n) is 2.58. The van der Waals surface area contributed by atoms with E-state index in [0.717, 1.165) is 12.1 Å². The maximum Gasteiger partial charge on any atom is 0.242 e. The van der Waals surface area contributed by atoms with Crippen LogP contribution in [0.25, 0.3) is 0 Å². The second-order valence-electron chi connectivity index (χ2n) is 4.27. The van der Waals surface area contributed by atoms with Crippen molar-refractivity contribution in [3.63, 3.8) is 0 Å². The fourth-order valence-corrected chi connectivity index (χ4v) is 3.12. The van der Waals surface area contributed by atoms with Crippen molar-refractivity contribution >= 4 is 27.3 Å². The molecule has 0 saturated carbocycles. The van der Waals surface area contributed by atoms with E-state index in [4.69, 9.17) is 22.4 Å². The number of benzene rings is 1. The van der Waals surface area contributed by atoms with E-state index in [-0.39, 0.29) is 34.7 Å². The summed E-state index contributed by atoms with van der Waals surface area (Å²) in [4.78, 5) is -0.260. The van der Waals surface area contributed by atoms with Crippen LogP contribution in [-0.2, 0) is 10.0 Å². The quantitative estimate of drug-likeness (QED) is 0.692. The highest BCUT2D eigenvalue weighted by atomic mass is 35.5. The fraction of sp³-hybridized carbons (Fsp3) is 0.455.